The monoisotopic (exact) mass is 269 g/mol. The summed E-state index contributed by atoms with van der Waals surface area (Å²) in [6.07, 6.45) is 0.392. The molecule has 98 valence electrons. The molecule has 0 aromatic heterocycles. The number of benzene rings is 1. The second-order valence-electron chi connectivity index (χ2n) is 4.46. The number of hydrogen-bond donors (Lipinski definition) is 2. The molecule has 1 aliphatic heterocycles. The fourth-order valence-electron chi connectivity index (χ4n) is 2.20. The lowest BCUT2D eigenvalue weighted by molar-refractivity contribution is -0.116. The Hall–Kier alpha value is -1.10. The van der Waals surface area contributed by atoms with Crippen molar-refractivity contribution >= 4 is 23.2 Å². The number of rotatable bonds is 3. The summed E-state index contributed by atoms with van der Waals surface area (Å²) >= 11 is 6.24. The van der Waals surface area contributed by atoms with E-state index < -0.39 is 6.10 Å². The summed E-state index contributed by atoms with van der Waals surface area (Å²) in [7, 11) is 1.53. The highest BCUT2D eigenvalue weighted by atomic mass is 35.5. The minimum Gasteiger partial charge on any atom is -0.386 e. The maximum Gasteiger partial charge on any atom is 0.224 e. The number of amides is 1. The van der Waals surface area contributed by atoms with Crippen molar-refractivity contribution in [3.8, 4) is 0 Å². The second-order valence-corrected chi connectivity index (χ2v) is 4.84. The van der Waals surface area contributed by atoms with E-state index in [1.54, 1.807) is 0 Å². The maximum absolute atomic E-state index is 11.4. The van der Waals surface area contributed by atoms with E-state index in [2.05, 4.69) is 5.32 Å². The van der Waals surface area contributed by atoms with Crippen molar-refractivity contribution in [2.75, 3.05) is 19.0 Å². The molecule has 2 rings (SSSR count). The van der Waals surface area contributed by atoms with Crippen LogP contribution < -0.4 is 5.32 Å². The molecule has 4 nitrogen and oxygen atoms in total. The number of nitrogens with one attached hydrogen (secondary N) is 1. The van der Waals surface area contributed by atoms with Gasteiger partial charge < -0.3 is 15.2 Å². The van der Waals surface area contributed by atoms with Crippen molar-refractivity contribution in [2.24, 2.45) is 0 Å². The summed E-state index contributed by atoms with van der Waals surface area (Å²) in [4.78, 5) is 11.4. The Kier molecular flexibility index (Phi) is 3.90. The average Bonchev–Trinajstić information content (AvgIpc) is 2.34. The first kappa shape index (κ1) is 13.3. The number of anilines is 1. The minimum atomic E-state index is -0.746. The van der Waals surface area contributed by atoms with Gasteiger partial charge in [-0.3, -0.25) is 4.79 Å². The van der Waals surface area contributed by atoms with Crippen LogP contribution >= 0.6 is 11.6 Å². The second kappa shape index (κ2) is 5.26. The molecule has 2 N–H and O–H groups in total. The first-order valence-electron chi connectivity index (χ1n) is 5.83. The van der Waals surface area contributed by atoms with Crippen molar-refractivity contribution in [1.82, 2.24) is 0 Å². The largest absolute Gasteiger partial charge is 0.386 e. The Morgan fingerprint density at radius 2 is 2.28 bits per heavy atom. The van der Waals surface area contributed by atoms with Crippen LogP contribution in [0.3, 0.4) is 0 Å². The van der Waals surface area contributed by atoms with Gasteiger partial charge in [0, 0.05) is 24.8 Å². The molecule has 0 aliphatic carbocycles. The maximum atomic E-state index is 11.4. The highest BCUT2D eigenvalue weighted by Gasteiger charge is 2.22. The number of hydrogen-bond acceptors (Lipinski definition) is 3. The highest BCUT2D eigenvalue weighted by Crippen LogP contribution is 2.36. The Labute approximate surface area is 111 Å². The Bertz CT molecular complexity index is 488. The molecular formula is C13H16ClNO3. The zero-order valence-electron chi connectivity index (χ0n) is 10.4. The number of methoxy groups -OCH3 is 1. The molecule has 1 aromatic rings. The van der Waals surface area contributed by atoms with Gasteiger partial charge in [-0.2, -0.15) is 0 Å². The molecule has 1 atom stereocenters. The Morgan fingerprint density at radius 3 is 2.94 bits per heavy atom. The zero-order chi connectivity index (χ0) is 13.3. The molecule has 1 aliphatic rings. The van der Waals surface area contributed by atoms with Crippen LogP contribution in [0.25, 0.3) is 0 Å². The normalized spacial score (nSPS) is 16.1. The standard InChI is InChI=1S/C13H16ClNO3/c1-7-12(14)9(10(16)6-18-2)5-8-3-4-11(17)15-13(7)8/h5,10,16H,3-4,6H2,1-2H3,(H,15,17). The van der Waals surface area contributed by atoms with Gasteiger partial charge in [0.05, 0.1) is 11.6 Å². The van der Waals surface area contributed by atoms with E-state index in [9.17, 15) is 9.90 Å². The summed E-state index contributed by atoms with van der Waals surface area (Å²) in [6, 6.07) is 1.85. The van der Waals surface area contributed by atoms with Crippen molar-refractivity contribution in [2.45, 2.75) is 25.9 Å². The number of fused-ring (bicyclic) bond motifs is 1. The van der Waals surface area contributed by atoms with Crippen LogP contribution in [0.4, 0.5) is 5.69 Å². The molecule has 0 saturated carbocycles. The molecule has 0 spiro atoms. The molecule has 0 radical (unpaired) electrons. The molecule has 0 fully saturated rings. The fourth-order valence-corrected chi connectivity index (χ4v) is 2.48. The molecule has 1 unspecified atom stereocenters. The number of ether oxygens (including phenoxy) is 1. The van der Waals surface area contributed by atoms with E-state index in [-0.39, 0.29) is 12.5 Å². The molecule has 1 amide bonds. The van der Waals surface area contributed by atoms with E-state index in [4.69, 9.17) is 16.3 Å². The summed E-state index contributed by atoms with van der Waals surface area (Å²) in [5.74, 6) is 0.00635. The molecule has 0 saturated heterocycles. The summed E-state index contributed by atoms with van der Waals surface area (Å²) < 4.78 is 4.94. The van der Waals surface area contributed by atoms with E-state index in [0.29, 0.717) is 23.4 Å². The number of aliphatic hydroxyl groups is 1. The number of halogens is 1. The third kappa shape index (κ3) is 2.36. The van der Waals surface area contributed by atoms with Crippen LogP contribution in [0.5, 0.6) is 0 Å². The van der Waals surface area contributed by atoms with Crippen LogP contribution in [0.15, 0.2) is 6.07 Å². The van der Waals surface area contributed by atoms with E-state index >= 15 is 0 Å². The van der Waals surface area contributed by atoms with Crippen LogP contribution in [-0.2, 0) is 16.0 Å². The zero-order valence-corrected chi connectivity index (χ0v) is 11.2. The van der Waals surface area contributed by atoms with Gasteiger partial charge in [-0.05, 0) is 30.5 Å². The van der Waals surface area contributed by atoms with Crippen molar-refractivity contribution < 1.29 is 14.6 Å². The lowest BCUT2D eigenvalue weighted by Gasteiger charge is -2.23. The number of carbonyl (C=O) groups excluding carboxylic acids is 1. The lowest BCUT2D eigenvalue weighted by Crippen LogP contribution is -2.21. The van der Waals surface area contributed by atoms with Crippen molar-refractivity contribution in [3.63, 3.8) is 0 Å². The summed E-state index contributed by atoms with van der Waals surface area (Å²) in [5, 5.41) is 13.3. The number of aliphatic hydroxyl groups excluding tert-OH is 1. The summed E-state index contributed by atoms with van der Waals surface area (Å²) in [5.41, 5.74) is 3.25. The van der Waals surface area contributed by atoms with E-state index in [1.165, 1.54) is 7.11 Å². The Balaban J connectivity index is 2.46. The molecule has 1 aromatic carbocycles. The first-order valence-corrected chi connectivity index (χ1v) is 6.21. The third-order valence-electron chi connectivity index (χ3n) is 3.18. The van der Waals surface area contributed by atoms with Gasteiger partial charge in [-0.15, -0.1) is 0 Å². The predicted molar refractivity (Wildman–Crippen MR) is 70.0 cm³/mol. The van der Waals surface area contributed by atoms with Crippen LogP contribution in [-0.4, -0.2) is 24.7 Å². The Morgan fingerprint density at radius 1 is 1.56 bits per heavy atom. The van der Waals surface area contributed by atoms with Gasteiger partial charge in [0.1, 0.15) is 6.10 Å². The van der Waals surface area contributed by atoms with E-state index in [1.807, 2.05) is 13.0 Å². The summed E-state index contributed by atoms with van der Waals surface area (Å²) in [6.45, 7) is 2.04. The van der Waals surface area contributed by atoms with Gasteiger partial charge in [0.2, 0.25) is 5.91 Å². The lowest BCUT2D eigenvalue weighted by atomic mass is 9.94. The molecule has 5 heteroatoms. The molecule has 0 bridgehead atoms. The number of aryl methyl sites for hydroxylation is 1. The highest BCUT2D eigenvalue weighted by molar-refractivity contribution is 6.32. The first-order chi connectivity index (χ1) is 8.54. The fraction of sp³-hybridized carbons (Fsp3) is 0.462. The van der Waals surface area contributed by atoms with Crippen molar-refractivity contribution in [1.29, 1.82) is 0 Å². The number of carbonyl (C=O) groups is 1. The topological polar surface area (TPSA) is 58.6 Å². The smallest absolute Gasteiger partial charge is 0.224 e. The predicted octanol–water partition coefficient (Wildman–Crippen LogP) is 2.21. The van der Waals surface area contributed by atoms with Gasteiger partial charge in [-0.1, -0.05) is 11.6 Å². The van der Waals surface area contributed by atoms with Gasteiger partial charge in [0.25, 0.3) is 0 Å². The van der Waals surface area contributed by atoms with Crippen molar-refractivity contribution in [3.05, 3.63) is 27.8 Å². The van der Waals surface area contributed by atoms with Gasteiger partial charge in [-0.25, -0.2) is 0 Å². The third-order valence-corrected chi connectivity index (χ3v) is 3.68. The SMILES string of the molecule is COCC(O)c1cc2c(c(C)c1Cl)NC(=O)CC2. The molecule has 1 heterocycles. The van der Waals surface area contributed by atoms with Gasteiger partial charge >= 0.3 is 0 Å². The molecule has 18 heavy (non-hydrogen) atoms. The van der Waals surface area contributed by atoms with Crippen LogP contribution in [0.2, 0.25) is 5.02 Å². The minimum absolute atomic E-state index is 0.00635. The van der Waals surface area contributed by atoms with Crippen LogP contribution in [0.1, 0.15) is 29.2 Å². The van der Waals surface area contributed by atoms with E-state index in [0.717, 1.165) is 16.8 Å². The average molecular weight is 270 g/mol. The molecular weight excluding hydrogens is 254 g/mol. The van der Waals surface area contributed by atoms with Gasteiger partial charge in [0.15, 0.2) is 0 Å². The van der Waals surface area contributed by atoms with Crippen LogP contribution in [0, 0.1) is 6.92 Å². The quantitative estimate of drug-likeness (QED) is 0.885.